The van der Waals surface area contributed by atoms with Crippen molar-refractivity contribution in [3.05, 3.63) is 11.1 Å². The summed E-state index contributed by atoms with van der Waals surface area (Å²) in [6.07, 6.45) is 1.38. The summed E-state index contributed by atoms with van der Waals surface area (Å²) in [5.41, 5.74) is 0. The van der Waals surface area contributed by atoms with Gasteiger partial charge in [0, 0.05) is 12.3 Å². The third-order valence-electron chi connectivity index (χ3n) is 1.28. The number of thiazole rings is 1. The number of alkyl halides is 1. The van der Waals surface area contributed by atoms with Gasteiger partial charge in [0.15, 0.2) is 5.13 Å². The molecule has 1 aromatic heterocycles. The van der Waals surface area contributed by atoms with E-state index in [0.717, 1.165) is 11.3 Å². The number of rotatable bonds is 4. The average molecular weight is 235 g/mol. The van der Waals surface area contributed by atoms with Crippen molar-refractivity contribution in [1.82, 2.24) is 4.98 Å². The number of hydrogen-bond acceptors (Lipinski definition) is 4. The molecule has 0 spiro atoms. The molecular formula is C7H7ClN2O3S. The van der Waals surface area contributed by atoms with Crippen LogP contribution in [0.25, 0.3) is 0 Å². The van der Waals surface area contributed by atoms with Crippen LogP contribution in [0.2, 0.25) is 0 Å². The second-order valence-electron chi connectivity index (χ2n) is 2.32. The summed E-state index contributed by atoms with van der Waals surface area (Å²) < 4.78 is 0. The molecule has 0 aliphatic heterocycles. The zero-order chi connectivity index (χ0) is 10.6. The van der Waals surface area contributed by atoms with E-state index in [9.17, 15) is 9.59 Å². The zero-order valence-electron chi connectivity index (χ0n) is 6.99. The van der Waals surface area contributed by atoms with Gasteiger partial charge in [-0.2, -0.15) is 0 Å². The number of nitrogens with one attached hydrogen (secondary N) is 1. The number of aromatic carboxylic acids is 1. The SMILES string of the molecule is O=C(CCCl)Nc1ncc(C(=O)O)s1. The molecule has 5 nitrogen and oxygen atoms in total. The lowest BCUT2D eigenvalue weighted by Crippen LogP contribution is -2.11. The number of halogens is 1. The van der Waals surface area contributed by atoms with Crippen molar-refractivity contribution in [1.29, 1.82) is 0 Å². The molecule has 0 fully saturated rings. The fraction of sp³-hybridized carbons (Fsp3) is 0.286. The fourth-order valence-electron chi connectivity index (χ4n) is 0.698. The van der Waals surface area contributed by atoms with Gasteiger partial charge >= 0.3 is 5.97 Å². The maximum absolute atomic E-state index is 11.0. The van der Waals surface area contributed by atoms with E-state index < -0.39 is 5.97 Å². The van der Waals surface area contributed by atoms with Crippen LogP contribution in [-0.2, 0) is 4.79 Å². The Hall–Kier alpha value is -1.14. The molecule has 0 aromatic carbocycles. The van der Waals surface area contributed by atoms with E-state index in [1.54, 1.807) is 0 Å². The second-order valence-corrected chi connectivity index (χ2v) is 3.73. The van der Waals surface area contributed by atoms with Gasteiger partial charge in [-0.1, -0.05) is 11.3 Å². The Morgan fingerprint density at radius 1 is 1.64 bits per heavy atom. The van der Waals surface area contributed by atoms with Crippen LogP contribution >= 0.6 is 22.9 Å². The van der Waals surface area contributed by atoms with Crippen LogP contribution in [0.4, 0.5) is 5.13 Å². The van der Waals surface area contributed by atoms with Gasteiger partial charge in [-0.25, -0.2) is 9.78 Å². The van der Waals surface area contributed by atoms with E-state index in [-0.39, 0.29) is 28.2 Å². The largest absolute Gasteiger partial charge is 0.477 e. The zero-order valence-corrected chi connectivity index (χ0v) is 8.56. The van der Waals surface area contributed by atoms with Gasteiger partial charge in [-0.05, 0) is 0 Å². The number of amides is 1. The third kappa shape index (κ3) is 2.97. The molecule has 0 saturated heterocycles. The Kier molecular flexibility index (Phi) is 3.84. The Morgan fingerprint density at radius 3 is 2.86 bits per heavy atom. The van der Waals surface area contributed by atoms with Crippen LogP contribution in [0.15, 0.2) is 6.20 Å². The number of hydrogen-bond donors (Lipinski definition) is 2. The second kappa shape index (κ2) is 4.92. The first kappa shape index (κ1) is 10.9. The summed E-state index contributed by atoms with van der Waals surface area (Å²) in [5.74, 6) is -1.10. The summed E-state index contributed by atoms with van der Waals surface area (Å²) in [5, 5.41) is 11.3. The van der Waals surface area contributed by atoms with E-state index >= 15 is 0 Å². The molecule has 14 heavy (non-hydrogen) atoms. The van der Waals surface area contributed by atoms with Crippen molar-refractivity contribution in [3.8, 4) is 0 Å². The number of carboxylic acid groups (broad SMARTS) is 1. The fourth-order valence-corrected chi connectivity index (χ4v) is 1.54. The lowest BCUT2D eigenvalue weighted by Gasteiger charge is -1.96. The quantitative estimate of drug-likeness (QED) is 0.772. The molecular weight excluding hydrogens is 228 g/mol. The minimum Gasteiger partial charge on any atom is -0.477 e. The lowest BCUT2D eigenvalue weighted by atomic mass is 10.5. The minimum atomic E-state index is -1.06. The van der Waals surface area contributed by atoms with E-state index in [1.807, 2.05) is 0 Å². The summed E-state index contributed by atoms with van der Waals surface area (Å²) in [7, 11) is 0. The van der Waals surface area contributed by atoms with E-state index in [4.69, 9.17) is 16.7 Å². The van der Waals surface area contributed by atoms with Crippen LogP contribution < -0.4 is 5.32 Å². The molecule has 76 valence electrons. The first-order chi connectivity index (χ1) is 6.63. The molecule has 1 amide bonds. The number of anilines is 1. The average Bonchev–Trinajstić information content (AvgIpc) is 2.53. The molecule has 0 unspecified atom stereocenters. The predicted octanol–water partition coefficient (Wildman–Crippen LogP) is 1.41. The number of aromatic nitrogens is 1. The lowest BCUT2D eigenvalue weighted by molar-refractivity contribution is -0.115. The topological polar surface area (TPSA) is 79.3 Å². The molecule has 0 atom stereocenters. The number of carbonyl (C=O) groups excluding carboxylic acids is 1. The molecule has 1 aromatic rings. The molecule has 0 saturated carbocycles. The molecule has 0 bridgehead atoms. The predicted molar refractivity (Wildman–Crippen MR) is 53.0 cm³/mol. The van der Waals surface area contributed by atoms with Gasteiger partial charge in [0.1, 0.15) is 4.88 Å². The van der Waals surface area contributed by atoms with Crippen molar-refractivity contribution >= 4 is 39.9 Å². The maximum Gasteiger partial charge on any atom is 0.347 e. The van der Waals surface area contributed by atoms with Gasteiger partial charge in [-0.3, -0.25) is 4.79 Å². The summed E-state index contributed by atoms with van der Waals surface area (Å²) >= 11 is 6.26. The summed E-state index contributed by atoms with van der Waals surface area (Å²) in [4.78, 5) is 25.3. The molecule has 0 radical (unpaired) electrons. The number of carboxylic acids is 1. The van der Waals surface area contributed by atoms with E-state index in [1.165, 1.54) is 6.20 Å². The standard InChI is InChI=1S/C7H7ClN2O3S/c8-2-1-5(11)10-7-9-3-4(14-7)6(12)13/h3H,1-2H2,(H,12,13)(H,9,10,11). The van der Waals surface area contributed by atoms with Crippen LogP contribution in [0.5, 0.6) is 0 Å². The van der Waals surface area contributed by atoms with Crippen LogP contribution in [0, 0.1) is 0 Å². The van der Waals surface area contributed by atoms with Gasteiger partial charge in [-0.15, -0.1) is 11.6 Å². The number of carbonyl (C=O) groups is 2. The molecule has 0 aliphatic rings. The van der Waals surface area contributed by atoms with Crippen molar-refractivity contribution < 1.29 is 14.7 Å². The molecule has 1 rings (SSSR count). The highest BCUT2D eigenvalue weighted by Crippen LogP contribution is 2.17. The van der Waals surface area contributed by atoms with Gasteiger partial charge in [0.2, 0.25) is 5.91 Å². The molecule has 7 heteroatoms. The minimum absolute atomic E-state index is 0.0890. The van der Waals surface area contributed by atoms with E-state index in [2.05, 4.69) is 10.3 Å². The molecule has 1 heterocycles. The highest BCUT2D eigenvalue weighted by Gasteiger charge is 2.10. The van der Waals surface area contributed by atoms with Crippen LogP contribution in [0.1, 0.15) is 16.1 Å². The molecule has 0 aliphatic carbocycles. The van der Waals surface area contributed by atoms with Crippen LogP contribution in [-0.4, -0.2) is 27.8 Å². The highest BCUT2D eigenvalue weighted by atomic mass is 35.5. The summed E-state index contributed by atoms with van der Waals surface area (Å²) in [6.45, 7) is 0. The Labute approximate surface area is 88.7 Å². The number of nitrogens with zero attached hydrogens (tertiary/aromatic N) is 1. The van der Waals surface area contributed by atoms with Crippen molar-refractivity contribution in [2.45, 2.75) is 6.42 Å². The first-order valence-corrected chi connectivity index (χ1v) is 5.03. The van der Waals surface area contributed by atoms with E-state index in [0.29, 0.717) is 0 Å². The van der Waals surface area contributed by atoms with Crippen molar-refractivity contribution in [3.63, 3.8) is 0 Å². The monoisotopic (exact) mass is 234 g/mol. The Bertz CT molecular complexity index is 352. The first-order valence-electron chi connectivity index (χ1n) is 3.68. The highest BCUT2D eigenvalue weighted by molar-refractivity contribution is 7.17. The normalized spacial score (nSPS) is 9.79. The Balaban J connectivity index is 2.59. The third-order valence-corrected chi connectivity index (χ3v) is 2.37. The van der Waals surface area contributed by atoms with Gasteiger partial charge in [0.25, 0.3) is 0 Å². The van der Waals surface area contributed by atoms with Crippen molar-refractivity contribution in [2.24, 2.45) is 0 Å². The maximum atomic E-state index is 11.0. The van der Waals surface area contributed by atoms with Gasteiger partial charge < -0.3 is 10.4 Å². The molecule has 2 N–H and O–H groups in total. The smallest absolute Gasteiger partial charge is 0.347 e. The Morgan fingerprint density at radius 2 is 2.36 bits per heavy atom. The summed E-state index contributed by atoms with van der Waals surface area (Å²) in [6, 6.07) is 0. The van der Waals surface area contributed by atoms with Gasteiger partial charge in [0.05, 0.1) is 6.20 Å². The van der Waals surface area contributed by atoms with Crippen LogP contribution in [0.3, 0.4) is 0 Å². The van der Waals surface area contributed by atoms with Crippen molar-refractivity contribution in [2.75, 3.05) is 11.2 Å².